The predicted octanol–water partition coefficient (Wildman–Crippen LogP) is 4.82. The van der Waals surface area contributed by atoms with E-state index in [0.717, 1.165) is 17.1 Å². The highest BCUT2D eigenvalue weighted by Gasteiger charge is 2.21. The van der Waals surface area contributed by atoms with E-state index in [1.165, 1.54) is 11.1 Å². The summed E-state index contributed by atoms with van der Waals surface area (Å²) in [5.41, 5.74) is 3.41. The smallest absolute Gasteiger partial charge is 0.106 e. The molecule has 102 valence electrons. The van der Waals surface area contributed by atoms with Gasteiger partial charge < -0.3 is 9.73 Å². The van der Waals surface area contributed by atoms with Gasteiger partial charge >= 0.3 is 0 Å². The third-order valence-corrected chi connectivity index (χ3v) is 4.21. The van der Waals surface area contributed by atoms with Crippen LogP contribution in [0.1, 0.15) is 34.3 Å². The molecule has 0 fully saturated rings. The molecule has 0 bridgehead atoms. The summed E-state index contributed by atoms with van der Waals surface area (Å²) in [5.74, 6) is 1.88. The maximum Gasteiger partial charge on any atom is 0.106 e. The van der Waals surface area contributed by atoms with Gasteiger partial charge in [0.2, 0.25) is 0 Å². The third-order valence-electron chi connectivity index (χ3n) is 3.47. The summed E-state index contributed by atoms with van der Waals surface area (Å²) in [7, 11) is 1.92. The van der Waals surface area contributed by atoms with E-state index in [1.807, 2.05) is 39.1 Å². The molecule has 0 saturated carbocycles. The molecule has 0 aliphatic heterocycles. The van der Waals surface area contributed by atoms with Gasteiger partial charge in [-0.2, -0.15) is 0 Å². The lowest BCUT2D eigenvalue weighted by Gasteiger charge is -2.18. The highest BCUT2D eigenvalue weighted by atomic mass is 35.5. The van der Waals surface area contributed by atoms with Crippen LogP contribution in [0.15, 0.2) is 22.6 Å². The molecule has 1 atom stereocenters. The average molecular weight is 298 g/mol. The lowest BCUT2D eigenvalue weighted by Crippen LogP contribution is -2.18. The van der Waals surface area contributed by atoms with E-state index in [-0.39, 0.29) is 6.04 Å². The van der Waals surface area contributed by atoms with Gasteiger partial charge in [-0.3, -0.25) is 0 Å². The molecule has 1 aromatic carbocycles. The van der Waals surface area contributed by atoms with Gasteiger partial charge in [0.25, 0.3) is 0 Å². The molecule has 4 heteroatoms. The lowest BCUT2D eigenvalue weighted by molar-refractivity contribution is 0.495. The van der Waals surface area contributed by atoms with Gasteiger partial charge in [-0.25, -0.2) is 0 Å². The number of rotatable bonds is 3. The van der Waals surface area contributed by atoms with Crippen molar-refractivity contribution in [2.75, 3.05) is 7.05 Å². The van der Waals surface area contributed by atoms with Gasteiger partial charge in [0, 0.05) is 5.56 Å². The highest BCUT2D eigenvalue weighted by Crippen LogP contribution is 2.33. The van der Waals surface area contributed by atoms with Crippen LogP contribution in [-0.2, 0) is 0 Å². The number of hydrogen-bond acceptors (Lipinski definition) is 2. The molecule has 1 aromatic heterocycles. The minimum absolute atomic E-state index is 0.0483. The SMILES string of the molecule is CNC(c1ccc(Cl)c(Cl)c1)c1c(C)oc(C)c1C. The van der Waals surface area contributed by atoms with Crippen molar-refractivity contribution in [2.24, 2.45) is 0 Å². The average Bonchev–Trinajstić information content (AvgIpc) is 2.61. The summed E-state index contributed by atoms with van der Waals surface area (Å²) < 4.78 is 5.70. The summed E-state index contributed by atoms with van der Waals surface area (Å²) in [4.78, 5) is 0. The van der Waals surface area contributed by atoms with Crippen LogP contribution < -0.4 is 5.32 Å². The van der Waals surface area contributed by atoms with Crippen molar-refractivity contribution in [1.82, 2.24) is 5.32 Å². The number of hydrogen-bond donors (Lipinski definition) is 1. The maximum absolute atomic E-state index is 6.10. The van der Waals surface area contributed by atoms with Gasteiger partial charge in [-0.15, -0.1) is 0 Å². The molecule has 0 radical (unpaired) electrons. The molecular weight excluding hydrogens is 281 g/mol. The van der Waals surface area contributed by atoms with Gasteiger partial charge in [-0.05, 0) is 51.1 Å². The molecule has 0 aliphatic rings. The third kappa shape index (κ3) is 2.66. The minimum Gasteiger partial charge on any atom is -0.466 e. The lowest BCUT2D eigenvalue weighted by atomic mass is 9.95. The number of nitrogens with one attached hydrogen (secondary N) is 1. The van der Waals surface area contributed by atoms with Crippen molar-refractivity contribution in [2.45, 2.75) is 26.8 Å². The first-order valence-electron chi connectivity index (χ1n) is 6.14. The van der Waals surface area contributed by atoms with Crippen molar-refractivity contribution in [1.29, 1.82) is 0 Å². The zero-order valence-corrected chi connectivity index (χ0v) is 13.0. The quantitative estimate of drug-likeness (QED) is 0.878. The Balaban J connectivity index is 2.52. The molecule has 0 aliphatic carbocycles. The fourth-order valence-corrected chi connectivity index (χ4v) is 2.71. The molecule has 1 unspecified atom stereocenters. The molecule has 2 nitrogen and oxygen atoms in total. The van der Waals surface area contributed by atoms with Crippen molar-refractivity contribution in [3.8, 4) is 0 Å². The van der Waals surface area contributed by atoms with E-state index in [0.29, 0.717) is 10.0 Å². The van der Waals surface area contributed by atoms with Gasteiger partial charge in [0.05, 0.1) is 16.1 Å². The summed E-state index contributed by atoms with van der Waals surface area (Å²) in [5, 5.41) is 4.45. The van der Waals surface area contributed by atoms with Crippen LogP contribution in [0.5, 0.6) is 0 Å². The fraction of sp³-hybridized carbons (Fsp3) is 0.333. The summed E-state index contributed by atoms with van der Waals surface area (Å²) in [6.07, 6.45) is 0. The van der Waals surface area contributed by atoms with Crippen molar-refractivity contribution >= 4 is 23.2 Å². The van der Waals surface area contributed by atoms with E-state index >= 15 is 0 Å². The summed E-state index contributed by atoms with van der Waals surface area (Å²) in [6.45, 7) is 6.04. The van der Waals surface area contributed by atoms with Gasteiger partial charge in [0.15, 0.2) is 0 Å². The molecule has 1 N–H and O–H groups in total. The van der Waals surface area contributed by atoms with E-state index in [2.05, 4.69) is 12.2 Å². The fourth-order valence-electron chi connectivity index (χ4n) is 2.40. The first-order valence-corrected chi connectivity index (χ1v) is 6.90. The van der Waals surface area contributed by atoms with E-state index < -0.39 is 0 Å². The van der Waals surface area contributed by atoms with Crippen molar-refractivity contribution < 1.29 is 4.42 Å². The van der Waals surface area contributed by atoms with Crippen LogP contribution in [-0.4, -0.2) is 7.05 Å². The number of aryl methyl sites for hydroxylation is 2. The Morgan fingerprint density at radius 2 is 1.74 bits per heavy atom. The number of halogens is 2. The molecule has 0 spiro atoms. The Labute approximate surface area is 123 Å². The standard InChI is InChI=1S/C15H17Cl2NO/c1-8-9(2)19-10(3)14(8)15(18-4)11-5-6-12(16)13(17)7-11/h5-7,15,18H,1-4H3. The molecule has 0 saturated heterocycles. The van der Waals surface area contributed by atoms with E-state index in [4.69, 9.17) is 27.6 Å². The zero-order chi connectivity index (χ0) is 14.2. The maximum atomic E-state index is 6.10. The second kappa shape index (κ2) is 5.58. The molecule has 0 amide bonds. The van der Waals surface area contributed by atoms with Gasteiger partial charge in [0.1, 0.15) is 11.5 Å². The predicted molar refractivity (Wildman–Crippen MR) is 80.3 cm³/mol. The molecule has 19 heavy (non-hydrogen) atoms. The summed E-state index contributed by atoms with van der Waals surface area (Å²) >= 11 is 12.1. The zero-order valence-electron chi connectivity index (χ0n) is 11.5. The van der Waals surface area contributed by atoms with Crippen LogP contribution in [0, 0.1) is 20.8 Å². The van der Waals surface area contributed by atoms with Crippen LogP contribution in [0.3, 0.4) is 0 Å². The summed E-state index contributed by atoms with van der Waals surface area (Å²) in [6, 6.07) is 5.75. The molecule has 2 rings (SSSR count). The Morgan fingerprint density at radius 1 is 1.05 bits per heavy atom. The second-order valence-electron chi connectivity index (χ2n) is 4.65. The van der Waals surface area contributed by atoms with Crippen LogP contribution in [0.2, 0.25) is 10.0 Å². The number of benzene rings is 1. The highest BCUT2D eigenvalue weighted by molar-refractivity contribution is 6.42. The largest absolute Gasteiger partial charge is 0.466 e. The Hall–Kier alpha value is -0.960. The van der Waals surface area contributed by atoms with Crippen molar-refractivity contribution in [3.05, 3.63) is 56.5 Å². The van der Waals surface area contributed by atoms with Gasteiger partial charge in [-0.1, -0.05) is 29.3 Å². The first-order chi connectivity index (χ1) is 8.95. The molecular formula is C15H17Cl2NO. The molecule has 2 aromatic rings. The second-order valence-corrected chi connectivity index (χ2v) is 5.46. The minimum atomic E-state index is 0.0483. The topological polar surface area (TPSA) is 25.2 Å². The Morgan fingerprint density at radius 3 is 2.21 bits per heavy atom. The van der Waals surface area contributed by atoms with E-state index in [9.17, 15) is 0 Å². The van der Waals surface area contributed by atoms with Crippen LogP contribution in [0.25, 0.3) is 0 Å². The van der Waals surface area contributed by atoms with Crippen molar-refractivity contribution in [3.63, 3.8) is 0 Å². The monoisotopic (exact) mass is 297 g/mol. The van der Waals surface area contributed by atoms with E-state index in [1.54, 1.807) is 0 Å². The first kappa shape index (κ1) is 14.4. The normalized spacial score (nSPS) is 12.7. The molecule has 1 heterocycles. The Kier molecular flexibility index (Phi) is 4.24. The van der Waals surface area contributed by atoms with Crippen LogP contribution in [0.4, 0.5) is 0 Å². The Bertz CT molecular complexity index is 604. The number of furan rings is 1. The van der Waals surface area contributed by atoms with Crippen LogP contribution >= 0.6 is 23.2 Å².